The monoisotopic (exact) mass is 339 g/mol. The zero-order valence-corrected chi connectivity index (χ0v) is 14.6. The van der Waals surface area contributed by atoms with Crippen molar-refractivity contribution in [3.63, 3.8) is 0 Å². The standard InChI is InChI=1S/C16H26BrN3/c1-11(2)6-18-7-14-5-15(17)8-19-16(14)20-9-12(3)13(4)10-20/h5,8,11-13,18H,6-7,9-10H2,1-4H3. The van der Waals surface area contributed by atoms with Gasteiger partial charge in [0.25, 0.3) is 0 Å². The van der Waals surface area contributed by atoms with E-state index in [1.807, 2.05) is 6.20 Å². The molecule has 0 radical (unpaired) electrons. The first kappa shape index (κ1) is 15.8. The van der Waals surface area contributed by atoms with E-state index in [9.17, 15) is 0 Å². The Hall–Kier alpha value is -0.610. The van der Waals surface area contributed by atoms with Gasteiger partial charge in [0.2, 0.25) is 0 Å². The summed E-state index contributed by atoms with van der Waals surface area (Å²) < 4.78 is 1.06. The molecule has 3 nitrogen and oxygen atoms in total. The Morgan fingerprint density at radius 3 is 2.60 bits per heavy atom. The lowest BCUT2D eigenvalue weighted by Crippen LogP contribution is -2.25. The molecule has 112 valence electrons. The molecule has 2 rings (SSSR count). The maximum absolute atomic E-state index is 4.67. The zero-order chi connectivity index (χ0) is 14.7. The van der Waals surface area contributed by atoms with Gasteiger partial charge in [-0.25, -0.2) is 4.98 Å². The van der Waals surface area contributed by atoms with Gasteiger partial charge in [-0.15, -0.1) is 0 Å². The van der Waals surface area contributed by atoms with Gasteiger partial charge in [-0.3, -0.25) is 0 Å². The number of hydrogen-bond donors (Lipinski definition) is 1. The summed E-state index contributed by atoms with van der Waals surface area (Å²) in [5.41, 5.74) is 1.29. The molecular weight excluding hydrogens is 314 g/mol. The van der Waals surface area contributed by atoms with Crippen LogP contribution in [-0.2, 0) is 6.54 Å². The van der Waals surface area contributed by atoms with Crippen molar-refractivity contribution in [2.45, 2.75) is 34.2 Å². The minimum absolute atomic E-state index is 0.672. The molecule has 0 bridgehead atoms. The Morgan fingerprint density at radius 2 is 2.00 bits per heavy atom. The Morgan fingerprint density at radius 1 is 1.35 bits per heavy atom. The van der Waals surface area contributed by atoms with Crippen molar-refractivity contribution in [1.82, 2.24) is 10.3 Å². The molecule has 4 heteroatoms. The highest BCUT2D eigenvalue weighted by Gasteiger charge is 2.28. The molecule has 1 saturated heterocycles. The van der Waals surface area contributed by atoms with E-state index < -0.39 is 0 Å². The van der Waals surface area contributed by atoms with E-state index in [2.05, 4.69) is 64.9 Å². The fourth-order valence-corrected chi connectivity index (χ4v) is 3.07. The molecule has 1 fully saturated rings. The van der Waals surface area contributed by atoms with E-state index in [1.165, 1.54) is 5.56 Å². The molecule has 0 saturated carbocycles. The van der Waals surface area contributed by atoms with Gasteiger partial charge in [-0.2, -0.15) is 0 Å². The molecule has 1 N–H and O–H groups in total. The average molecular weight is 340 g/mol. The summed E-state index contributed by atoms with van der Waals surface area (Å²) in [5.74, 6) is 3.32. The van der Waals surface area contributed by atoms with Gasteiger partial charge in [-0.1, -0.05) is 27.7 Å². The molecule has 1 aromatic heterocycles. The summed E-state index contributed by atoms with van der Waals surface area (Å²) in [6.07, 6.45) is 1.91. The number of hydrogen-bond acceptors (Lipinski definition) is 3. The van der Waals surface area contributed by atoms with Crippen molar-refractivity contribution in [2.75, 3.05) is 24.5 Å². The first-order valence-electron chi connectivity index (χ1n) is 7.57. The second-order valence-corrected chi connectivity index (χ2v) is 7.44. The highest BCUT2D eigenvalue weighted by Crippen LogP contribution is 2.29. The summed E-state index contributed by atoms with van der Waals surface area (Å²) in [4.78, 5) is 7.10. The molecule has 2 unspecified atom stereocenters. The molecule has 0 aliphatic carbocycles. The number of nitrogens with zero attached hydrogens (tertiary/aromatic N) is 2. The summed E-state index contributed by atoms with van der Waals surface area (Å²) in [5, 5.41) is 3.53. The van der Waals surface area contributed by atoms with Crippen LogP contribution in [-0.4, -0.2) is 24.6 Å². The second-order valence-electron chi connectivity index (χ2n) is 6.52. The number of nitrogens with one attached hydrogen (secondary N) is 1. The van der Waals surface area contributed by atoms with Crippen molar-refractivity contribution < 1.29 is 0 Å². The number of rotatable bonds is 5. The molecule has 0 aromatic carbocycles. The van der Waals surface area contributed by atoms with E-state index in [-0.39, 0.29) is 0 Å². The van der Waals surface area contributed by atoms with Gasteiger partial charge in [0.05, 0.1) is 0 Å². The average Bonchev–Trinajstić information content (AvgIpc) is 2.69. The van der Waals surface area contributed by atoms with Crippen LogP contribution in [0.2, 0.25) is 0 Å². The van der Waals surface area contributed by atoms with Crippen molar-refractivity contribution in [3.05, 3.63) is 22.3 Å². The zero-order valence-electron chi connectivity index (χ0n) is 13.0. The fourth-order valence-electron chi connectivity index (χ4n) is 2.69. The third-order valence-corrected chi connectivity index (χ3v) is 4.50. The molecule has 2 atom stereocenters. The highest BCUT2D eigenvalue weighted by molar-refractivity contribution is 9.10. The smallest absolute Gasteiger partial charge is 0.133 e. The number of aromatic nitrogens is 1. The molecule has 20 heavy (non-hydrogen) atoms. The molecule has 1 aromatic rings. The van der Waals surface area contributed by atoms with E-state index >= 15 is 0 Å². The predicted octanol–water partition coefficient (Wildman–Crippen LogP) is 3.68. The molecular formula is C16H26BrN3. The van der Waals surface area contributed by atoms with Crippen LogP contribution in [0.5, 0.6) is 0 Å². The Labute approximate surface area is 131 Å². The summed E-state index contributed by atoms with van der Waals surface area (Å²) >= 11 is 3.54. The van der Waals surface area contributed by atoms with Gasteiger partial charge in [0.1, 0.15) is 5.82 Å². The number of anilines is 1. The van der Waals surface area contributed by atoms with Crippen LogP contribution >= 0.6 is 15.9 Å². The van der Waals surface area contributed by atoms with Gasteiger partial charge >= 0.3 is 0 Å². The van der Waals surface area contributed by atoms with Crippen molar-refractivity contribution in [3.8, 4) is 0 Å². The minimum Gasteiger partial charge on any atom is -0.356 e. The van der Waals surface area contributed by atoms with E-state index in [1.54, 1.807) is 0 Å². The van der Waals surface area contributed by atoms with Crippen LogP contribution < -0.4 is 10.2 Å². The van der Waals surface area contributed by atoms with Crippen LogP contribution in [0.25, 0.3) is 0 Å². The van der Waals surface area contributed by atoms with Crippen LogP contribution in [0.15, 0.2) is 16.7 Å². The Balaban J connectivity index is 2.11. The lowest BCUT2D eigenvalue weighted by molar-refractivity contribution is 0.494. The summed E-state index contributed by atoms with van der Waals surface area (Å²) in [7, 11) is 0. The lowest BCUT2D eigenvalue weighted by atomic mass is 10.0. The minimum atomic E-state index is 0.672. The van der Waals surface area contributed by atoms with Crippen molar-refractivity contribution in [2.24, 2.45) is 17.8 Å². The number of pyridine rings is 1. The quantitative estimate of drug-likeness (QED) is 0.886. The van der Waals surface area contributed by atoms with E-state index in [4.69, 9.17) is 0 Å². The lowest BCUT2D eigenvalue weighted by Gasteiger charge is -2.21. The largest absolute Gasteiger partial charge is 0.356 e. The third-order valence-electron chi connectivity index (χ3n) is 4.07. The topological polar surface area (TPSA) is 28.2 Å². The second kappa shape index (κ2) is 6.90. The normalized spacial score (nSPS) is 22.8. The molecule has 1 aliphatic heterocycles. The first-order valence-corrected chi connectivity index (χ1v) is 8.36. The highest BCUT2D eigenvalue weighted by atomic mass is 79.9. The van der Waals surface area contributed by atoms with Crippen LogP contribution in [0, 0.1) is 17.8 Å². The Kier molecular flexibility index (Phi) is 5.44. The maximum Gasteiger partial charge on any atom is 0.133 e. The summed E-state index contributed by atoms with van der Waals surface area (Å²) in [6.45, 7) is 13.3. The molecule has 2 heterocycles. The molecule has 0 spiro atoms. The fraction of sp³-hybridized carbons (Fsp3) is 0.688. The van der Waals surface area contributed by atoms with Gasteiger partial charge in [0.15, 0.2) is 0 Å². The van der Waals surface area contributed by atoms with Crippen LogP contribution in [0.3, 0.4) is 0 Å². The van der Waals surface area contributed by atoms with Gasteiger partial charge in [-0.05, 0) is 46.3 Å². The van der Waals surface area contributed by atoms with Gasteiger partial charge in [0, 0.05) is 35.9 Å². The first-order chi connectivity index (χ1) is 9.47. The van der Waals surface area contributed by atoms with Crippen molar-refractivity contribution >= 4 is 21.7 Å². The van der Waals surface area contributed by atoms with Crippen LogP contribution in [0.1, 0.15) is 33.3 Å². The number of halogens is 1. The molecule has 0 amide bonds. The third kappa shape index (κ3) is 3.95. The Bertz CT molecular complexity index is 437. The van der Waals surface area contributed by atoms with Crippen LogP contribution in [0.4, 0.5) is 5.82 Å². The SMILES string of the molecule is CC(C)CNCc1cc(Br)cnc1N1CC(C)C(C)C1. The summed E-state index contributed by atoms with van der Waals surface area (Å²) in [6, 6.07) is 2.20. The molecule has 1 aliphatic rings. The van der Waals surface area contributed by atoms with Crippen molar-refractivity contribution in [1.29, 1.82) is 0 Å². The predicted molar refractivity (Wildman–Crippen MR) is 89.0 cm³/mol. The van der Waals surface area contributed by atoms with E-state index in [0.717, 1.165) is 48.3 Å². The maximum atomic E-state index is 4.67. The van der Waals surface area contributed by atoms with E-state index in [0.29, 0.717) is 5.92 Å². The van der Waals surface area contributed by atoms with Gasteiger partial charge < -0.3 is 10.2 Å².